The molecule has 1 unspecified atom stereocenters. The van der Waals surface area contributed by atoms with E-state index in [1.165, 1.54) is 11.8 Å². The quantitative estimate of drug-likeness (QED) is 0.354. The molecule has 1 atom stereocenters. The van der Waals surface area contributed by atoms with Gasteiger partial charge in [-0.15, -0.1) is 11.8 Å². The van der Waals surface area contributed by atoms with Crippen molar-refractivity contribution in [2.45, 2.75) is 24.8 Å². The fourth-order valence-corrected chi connectivity index (χ4v) is 4.91. The highest BCUT2D eigenvalue weighted by atomic mass is 79.9. The second kappa shape index (κ2) is 12.8. The predicted molar refractivity (Wildman–Crippen MR) is 140 cm³/mol. The Labute approximate surface area is 212 Å². The molecule has 0 spiro atoms. The fourth-order valence-electron chi connectivity index (χ4n) is 3.45. The van der Waals surface area contributed by atoms with Crippen molar-refractivity contribution in [3.05, 3.63) is 105 Å². The van der Waals surface area contributed by atoms with Crippen LogP contribution in [-0.4, -0.2) is 35.6 Å². The van der Waals surface area contributed by atoms with Crippen LogP contribution in [0.4, 0.5) is 0 Å². The third-order valence-corrected chi connectivity index (χ3v) is 7.09. The molecule has 0 saturated carbocycles. The maximum Gasteiger partial charge on any atom is 0.242 e. The summed E-state index contributed by atoms with van der Waals surface area (Å²) in [7, 11) is 1.61. The Balaban J connectivity index is 1.80. The van der Waals surface area contributed by atoms with Gasteiger partial charge in [-0.3, -0.25) is 9.59 Å². The lowest BCUT2D eigenvalue weighted by atomic mass is 10.0. The van der Waals surface area contributed by atoms with Crippen LogP contribution in [0.1, 0.15) is 16.7 Å². The van der Waals surface area contributed by atoms with Gasteiger partial charge in [0.1, 0.15) is 6.04 Å². The van der Waals surface area contributed by atoms with Crippen molar-refractivity contribution >= 4 is 51.1 Å². The zero-order valence-electron chi connectivity index (χ0n) is 18.3. The van der Waals surface area contributed by atoms with E-state index in [9.17, 15) is 9.59 Å². The first-order valence-corrected chi connectivity index (χ1v) is 12.9. The van der Waals surface area contributed by atoms with Gasteiger partial charge in [0.05, 0.1) is 5.75 Å². The summed E-state index contributed by atoms with van der Waals surface area (Å²) < 4.78 is 0.964. The molecule has 0 radical (unpaired) electrons. The molecule has 3 aromatic rings. The van der Waals surface area contributed by atoms with E-state index in [2.05, 4.69) is 21.2 Å². The third kappa shape index (κ3) is 7.63. The topological polar surface area (TPSA) is 49.4 Å². The number of nitrogens with zero attached hydrogens (tertiary/aromatic N) is 1. The summed E-state index contributed by atoms with van der Waals surface area (Å²) in [6.07, 6.45) is 0.442. The Kier molecular flexibility index (Phi) is 9.85. The van der Waals surface area contributed by atoms with E-state index in [-0.39, 0.29) is 17.6 Å². The number of nitrogens with one attached hydrogen (secondary N) is 1. The number of rotatable bonds is 10. The summed E-state index contributed by atoms with van der Waals surface area (Å²) in [6, 6.07) is 24.6. The minimum absolute atomic E-state index is 0.0838. The Morgan fingerprint density at radius 1 is 0.970 bits per heavy atom. The van der Waals surface area contributed by atoms with Gasteiger partial charge < -0.3 is 10.2 Å². The molecular weight excluding hydrogens is 520 g/mol. The van der Waals surface area contributed by atoms with Crippen molar-refractivity contribution in [1.29, 1.82) is 0 Å². The highest BCUT2D eigenvalue weighted by Crippen LogP contribution is 2.22. The molecule has 2 amide bonds. The van der Waals surface area contributed by atoms with E-state index in [4.69, 9.17) is 11.6 Å². The first kappa shape index (κ1) is 25.3. The standard InChI is InChI=1S/C26H26BrClN2O2S/c1-29-26(32)24(15-19-7-3-2-4-8-19)30(16-20-11-13-22(27)14-12-20)25(31)18-33-17-21-9-5-6-10-23(21)28/h2-14,24H,15-18H2,1H3,(H,29,32). The van der Waals surface area contributed by atoms with Crippen molar-refractivity contribution < 1.29 is 9.59 Å². The van der Waals surface area contributed by atoms with Gasteiger partial charge in [-0.25, -0.2) is 0 Å². The summed E-state index contributed by atoms with van der Waals surface area (Å²) in [6.45, 7) is 0.351. The maximum atomic E-state index is 13.4. The van der Waals surface area contributed by atoms with E-state index < -0.39 is 6.04 Å². The van der Waals surface area contributed by atoms with Gasteiger partial charge in [0, 0.05) is 35.3 Å². The van der Waals surface area contributed by atoms with Crippen LogP contribution >= 0.6 is 39.3 Å². The lowest BCUT2D eigenvalue weighted by Crippen LogP contribution is -2.50. The molecule has 4 nitrogen and oxygen atoms in total. The predicted octanol–water partition coefficient (Wildman–Crippen LogP) is 5.72. The van der Waals surface area contributed by atoms with Crippen molar-refractivity contribution in [2.75, 3.05) is 12.8 Å². The molecule has 0 aromatic heterocycles. The molecule has 7 heteroatoms. The fraction of sp³-hybridized carbons (Fsp3) is 0.231. The smallest absolute Gasteiger partial charge is 0.242 e. The second-order valence-electron chi connectivity index (χ2n) is 7.55. The second-order valence-corrected chi connectivity index (χ2v) is 9.86. The lowest BCUT2D eigenvalue weighted by molar-refractivity contribution is -0.139. The number of carbonyl (C=O) groups is 2. The van der Waals surface area contributed by atoms with Crippen LogP contribution in [0.2, 0.25) is 5.02 Å². The van der Waals surface area contributed by atoms with E-state index in [0.717, 1.165) is 21.2 Å². The average molecular weight is 546 g/mol. The summed E-state index contributed by atoms with van der Waals surface area (Å²) in [5, 5.41) is 3.43. The number of thioether (sulfide) groups is 1. The van der Waals surface area contributed by atoms with E-state index in [1.54, 1.807) is 11.9 Å². The first-order valence-electron chi connectivity index (χ1n) is 10.6. The molecule has 0 aliphatic heterocycles. The van der Waals surface area contributed by atoms with Crippen molar-refractivity contribution in [3.63, 3.8) is 0 Å². The largest absolute Gasteiger partial charge is 0.357 e. The zero-order valence-corrected chi connectivity index (χ0v) is 21.5. The summed E-state index contributed by atoms with van der Waals surface area (Å²) in [4.78, 5) is 28.0. The van der Waals surface area contributed by atoms with Gasteiger partial charge in [0.2, 0.25) is 11.8 Å². The Bertz CT molecular complexity index is 1060. The van der Waals surface area contributed by atoms with Crippen LogP contribution in [0.3, 0.4) is 0 Å². The molecule has 0 saturated heterocycles. The normalized spacial score (nSPS) is 11.6. The van der Waals surface area contributed by atoms with Gasteiger partial charge >= 0.3 is 0 Å². The van der Waals surface area contributed by atoms with E-state index in [1.807, 2.05) is 78.9 Å². The van der Waals surface area contributed by atoms with Crippen LogP contribution in [0.15, 0.2) is 83.3 Å². The molecule has 3 rings (SSSR count). The number of carbonyl (C=O) groups excluding carboxylic acids is 2. The maximum absolute atomic E-state index is 13.4. The van der Waals surface area contributed by atoms with Crippen LogP contribution in [0, 0.1) is 0 Å². The highest BCUT2D eigenvalue weighted by molar-refractivity contribution is 9.10. The van der Waals surface area contributed by atoms with Gasteiger partial charge in [0.25, 0.3) is 0 Å². The molecular formula is C26H26BrClN2O2S. The van der Waals surface area contributed by atoms with E-state index in [0.29, 0.717) is 23.7 Å². The van der Waals surface area contributed by atoms with E-state index >= 15 is 0 Å². The van der Waals surface area contributed by atoms with Gasteiger partial charge in [-0.1, -0.05) is 88.2 Å². The highest BCUT2D eigenvalue weighted by Gasteiger charge is 2.29. The zero-order chi connectivity index (χ0) is 23.6. The van der Waals surface area contributed by atoms with Crippen LogP contribution < -0.4 is 5.32 Å². The van der Waals surface area contributed by atoms with Gasteiger partial charge in [0.15, 0.2) is 0 Å². The third-order valence-electron chi connectivity index (χ3n) is 5.22. The SMILES string of the molecule is CNC(=O)C(Cc1ccccc1)N(Cc1ccc(Br)cc1)C(=O)CSCc1ccccc1Cl. The molecule has 0 fully saturated rings. The number of halogens is 2. The average Bonchev–Trinajstić information content (AvgIpc) is 2.83. The molecule has 172 valence electrons. The van der Waals surface area contributed by atoms with Crippen molar-refractivity contribution in [3.8, 4) is 0 Å². The Hall–Kier alpha value is -2.28. The monoisotopic (exact) mass is 544 g/mol. The number of hydrogen-bond acceptors (Lipinski definition) is 3. The Morgan fingerprint density at radius 3 is 2.30 bits per heavy atom. The number of benzene rings is 3. The molecule has 0 aliphatic carbocycles. The minimum Gasteiger partial charge on any atom is -0.357 e. The molecule has 1 N–H and O–H groups in total. The van der Waals surface area contributed by atoms with Crippen LogP contribution in [0.25, 0.3) is 0 Å². The summed E-state index contributed by atoms with van der Waals surface area (Å²) >= 11 is 11.2. The van der Waals surface area contributed by atoms with Crippen molar-refractivity contribution in [1.82, 2.24) is 10.2 Å². The molecule has 33 heavy (non-hydrogen) atoms. The Morgan fingerprint density at radius 2 is 1.64 bits per heavy atom. The van der Waals surface area contributed by atoms with Crippen molar-refractivity contribution in [2.24, 2.45) is 0 Å². The lowest BCUT2D eigenvalue weighted by Gasteiger charge is -2.31. The molecule has 0 heterocycles. The summed E-state index contributed by atoms with van der Waals surface area (Å²) in [5.74, 6) is 0.616. The number of hydrogen-bond donors (Lipinski definition) is 1. The first-order chi connectivity index (χ1) is 16.0. The van der Waals surface area contributed by atoms with Gasteiger partial charge in [-0.2, -0.15) is 0 Å². The van der Waals surface area contributed by atoms with Gasteiger partial charge in [-0.05, 0) is 34.9 Å². The summed E-state index contributed by atoms with van der Waals surface area (Å²) in [5.41, 5.74) is 2.96. The van der Waals surface area contributed by atoms with Crippen LogP contribution in [0.5, 0.6) is 0 Å². The molecule has 3 aromatic carbocycles. The minimum atomic E-state index is -0.616. The number of amides is 2. The molecule has 0 bridgehead atoms. The molecule has 0 aliphatic rings. The number of likely N-dealkylation sites (N-methyl/N-ethyl adjacent to an activating group) is 1. The van der Waals surface area contributed by atoms with Crippen LogP contribution in [-0.2, 0) is 28.3 Å².